The maximum absolute atomic E-state index is 12.4. The van der Waals surface area contributed by atoms with E-state index in [0.717, 1.165) is 38.5 Å². The largest absolute Gasteiger partial charge is 0.462 e. The summed E-state index contributed by atoms with van der Waals surface area (Å²) in [5.41, 5.74) is 0. The minimum Gasteiger partial charge on any atom is -0.462 e. The fourth-order valence-corrected chi connectivity index (χ4v) is 12.1. The number of aliphatic hydroxyl groups excluding tert-OH is 1. The van der Waals surface area contributed by atoms with Crippen molar-refractivity contribution in [2.45, 2.75) is 444 Å². The zero-order valence-corrected chi connectivity index (χ0v) is 57.2. The lowest BCUT2D eigenvalue weighted by atomic mass is 10.0. The highest BCUT2D eigenvalue weighted by atomic mass is 16.6. The van der Waals surface area contributed by atoms with E-state index >= 15 is 0 Å². The highest BCUT2D eigenvalue weighted by molar-refractivity contribution is 5.70. The predicted molar refractivity (Wildman–Crippen MR) is 371 cm³/mol. The van der Waals surface area contributed by atoms with Gasteiger partial charge in [-0.25, -0.2) is 0 Å². The van der Waals surface area contributed by atoms with E-state index in [9.17, 15) is 14.7 Å². The lowest BCUT2D eigenvalue weighted by Gasteiger charge is -2.15. The number of hydrogen-bond donors (Lipinski definition) is 1. The number of carbonyl (C=O) groups excluding carboxylic acids is 2. The van der Waals surface area contributed by atoms with Crippen molar-refractivity contribution >= 4 is 11.9 Å². The van der Waals surface area contributed by atoms with Crippen LogP contribution in [0.1, 0.15) is 438 Å². The van der Waals surface area contributed by atoms with Crippen LogP contribution in [0, 0.1) is 0 Å². The summed E-state index contributed by atoms with van der Waals surface area (Å²) >= 11 is 0. The van der Waals surface area contributed by atoms with Crippen molar-refractivity contribution in [2.75, 3.05) is 13.2 Å². The van der Waals surface area contributed by atoms with Crippen molar-refractivity contribution in [2.24, 2.45) is 0 Å². The van der Waals surface area contributed by atoms with E-state index in [0.29, 0.717) is 12.8 Å². The molecule has 0 saturated heterocycles. The van der Waals surface area contributed by atoms with E-state index in [1.54, 1.807) is 0 Å². The SMILES string of the molecule is CCCCCCC/C=C\C/C=C\CCCCCCCCCCCCCCCCCCCCCCCCCCCCCC(=O)OC(CO)COC(=O)CCCCCCCCCCCCCCCCCCCCC/C=C\CCCCCCCCCC. The van der Waals surface area contributed by atoms with Crippen molar-refractivity contribution in [3.63, 3.8) is 0 Å². The van der Waals surface area contributed by atoms with E-state index in [-0.39, 0.29) is 25.2 Å². The van der Waals surface area contributed by atoms with Gasteiger partial charge in [0.15, 0.2) is 6.10 Å². The Balaban J connectivity index is 3.36. The van der Waals surface area contributed by atoms with Crippen LogP contribution in [0.2, 0.25) is 0 Å². The highest BCUT2D eigenvalue weighted by Gasteiger charge is 2.16. The van der Waals surface area contributed by atoms with Crippen molar-refractivity contribution in [3.05, 3.63) is 36.5 Å². The van der Waals surface area contributed by atoms with Crippen LogP contribution in [0.3, 0.4) is 0 Å². The average molecular weight is 1180 g/mol. The summed E-state index contributed by atoms with van der Waals surface area (Å²) in [7, 11) is 0. The lowest BCUT2D eigenvalue weighted by molar-refractivity contribution is -0.161. The Kier molecular flexibility index (Phi) is 73.7. The molecule has 0 fully saturated rings. The smallest absolute Gasteiger partial charge is 0.306 e. The Labute approximate surface area is 526 Å². The molecule has 0 aliphatic carbocycles. The number of ether oxygens (including phenoxy) is 2. The number of unbranched alkanes of at least 4 members (excludes halogenated alkanes) is 59. The molecule has 1 N–H and O–H groups in total. The molecule has 0 aliphatic heterocycles. The van der Waals surface area contributed by atoms with Crippen LogP contribution in [0.5, 0.6) is 0 Å². The molecule has 0 rings (SSSR count). The molecular weight excluding hydrogens is 1030 g/mol. The van der Waals surface area contributed by atoms with Gasteiger partial charge in [-0.15, -0.1) is 0 Å². The monoisotopic (exact) mass is 1180 g/mol. The fourth-order valence-electron chi connectivity index (χ4n) is 12.1. The molecule has 0 heterocycles. The topological polar surface area (TPSA) is 72.8 Å². The average Bonchev–Trinajstić information content (AvgIpc) is 3.51. The number of allylic oxidation sites excluding steroid dienone is 6. The van der Waals surface area contributed by atoms with Gasteiger partial charge in [0, 0.05) is 12.8 Å². The Bertz CT molecular complexity index is 1340. The van der Waals surface area contributed by atoms with Gasteiger partial charge in [-0.1, -0.05) is 391 Å². The van der Waals surface area contributed by atoms with E-state index < -0.39 is 6.10 Å². The number of carbonyl (C=O) groups is 2. The summed E-state index contributed by atoms with van der Waals surface area (Å²) < 4.78 is 10.8. The number of hydrogen-bond acceptors (Lipinski definition) is 5. The van der Waals surface area contributed by atoms with Crippen LogP contribution >= 0.6 is 0 Å². The van der Waals surface area contributed by atoms with Crippen LogP contribution in [-0.4, -0.2) is 36.4 Å². The summed E-state index contributed by atoms with van der Waals surface area (Å²) in [5.74, 6) is -0.562. The first-order valence-electron chi connectivity index (χ1n) is 38.5. The number of aliphatic hydroxyl groups is 1. The van der Waals surface area contributed by atoms with Gasteiger partial charge in [0.05, 0.1) is 6.61 Å². The first-order valence-corrected chi connectivity index (χ1v) is 38.5. The molecule has 84 heavy (non-hydrogen) atoms. The molecule has 0 bridgehead atoms. The molecule has 0 saturated carbocycles. The third kappa shape index (κ3) is 72.6. The van der Waals surface area contributed by atoms with E-state index in [1.165, 1.54) is 372 Å². The van der Waals surface area contributed by atoms with E-state index in [4.69, 9.17) is 9.47 Å². The van der Waals surface area contributed by atoms with Crippen LogP contribution in [0.15, 0.2) is 36.5 Å². The molecule has 0 spiro atoms. The Morgan fingerprint density at radius 1 is 0.274 bits per heavy atom. The summed E-state index contributed by atoms with van der Waals surface area (Å²) in [6.07, 6.45) is 101. The zero-order valence-electron chi connectivity index (χ0n) is 57.2. The molecule has 0 radical (unpaired) electrons. The molecular formula is C79H150O5. The van der Waals surface area contributed by atoms with Crippen molar-refractivity contribution < 1.29 is 24.2 Å². The molecule has 0 amide bonds. The molecule has 0 aromatic heterocycles. The second-order valence-corrected chi connectivity index (χ2v) is 26.4. The van der Waals surface area contributed by atoms with Crippen molar-refractivity contribution in [3.8, 4) is 0 Å². The van der Waals surface area contributed by atoms with Crippen molar-refractivity contribution in [1.29, 1.82) is 0 Å². The lowest BCUT2D eigenvalue weighted by Crippen LogP contribution is -2.28. The molecule has 0 aromatic rings. The Morgan fingerprint density at radius 3 is 0.714 bits per heavy atom. The molecule has 1 atom stereocenters. The van der Waals surface area contributed by atoms with Gasteiger partial charge in [0.25, 0.3) is 0 Å². The normalized spacial score (nSPS) is 12.3. The maximum Gasteiger partial charge on any atom is 0.306 e. The number of esters is 2. The van der Waals surface area contributed by atoms with Gasteiger partial charge in [-0.05, 0) is 70.6 Å². The zero-order chi connectivity index (χ0) is 60.5. The van der Waals surface area contributed by atoms with Crippen LogP contribution < -0.4 is 0 Å². The maximum atomic E-state index is 12.4. The third-order valence-electron chi connectivity index (χ3n) is 17.9. The third-order valence-corrected chi connectivity index (χ3v) is 17.9. The quantitative estimate of drug-likeness (QED) is 0.0373. The highest BCUT2D eigenvalue weighted by Crippen LogP contribution is 2.20. The summed E-state index contributed by atoms with van der Waals surface area (Å²) in [6, 6.07) is 0. The Hall–Kier alpha value is -1.88. The Morgan fingerprint density at radius 2 is 0.476 bits per heavy atom. The van der Waals surface area contributed by atoms with Gasteiger partial charge in [-0.3, -0.25) is 9.59 Å². The summed E-state index contributed by atoms with van der Waals surface area (Å²) in [6.45, 7) is 4.20. The summed E-state index contributed by atoms with van der Waals surface area (Å²) in [4.78, 5) is 24.7. The molecule has 496 valence electrons. The van der Waals surface area contributed by atoms with Gasteiger partial charge in [-0.2, -0.15) is 0 Å². The molecule has 0 aromatic carbocycles. The van der Waals surface area contributed by atoms with E-state index in [2.05, 4.69) is 50.3 Å². The molecule has 5 heteroatoms. The summed E-state index contributed by atoms with van der Waals surface area (Å²) in [5, 5.41) is 9.72. The predicted octanol–water partition coefficient (Wildman–Crippen LogP) is 26.9. The molecule has 0 aliphatic rings. The first kappa shape index (κ1) is 82.1. The van der Waals surface area contributed by atoms with Gasteiger partial charge in [0.2, 0.25) is 0 Å². The van der Waals surface area contributed by atoms with Crippen LogP contribution in [0.25, 0.3) is 0 Å². The van der Waals surface area contributed by atoms with Gasteiger partial charge < -0.3 is 14.6 Å². The van der Waals surface area contributed by atoms with Gasteiger partial charge in [0.1, 0.15) is 6.61 Å². The molecule has 5 nitrogen and oxygen atoms in total. The minimum absolute atomic E-state index is 0.0582. The minimum atomic E-state index is -0.769. The van der Waals surface area contributed by atoms with Crippen LogP contribution in [-0.2, 0) is 19.1 Å². The van der Waals surface area contributed by atoms with Crippen LogP contribution in [0.4, 0.5) is 0 Å². The number of rotatable bonds is 73. The standard InChI is InChI=1S/C79H150O5/c1-3-5-7-9-11-13-15-17-19-21-23-25-27-29-31-33-35-36-37-38-39-40-41-42-44-46-48-50-52-54-56-58-60-62-64-66-68-70-72-74-79(82)84-77(75-80)76-83-78(81)73-71-69-67-65-63-61-59-57-55-53-51-49-47-45-43-34-32-30-28-26-24-22-20-18-16-14-12-10-8-6-4-2/h15,17,21-24,77,80H,3-14,16,18-20,25-76H2,1-2H3/b17-15-,23-21-,24-22-. The van der Waals surface area contributed by atoms with Gasteiger partial charge >= 0.3 is 11.9 Å². The van der Waals surface area contributed by atoms with Crippen molar-refractivity contribution in [1.82, 2.24) is 0 Å². The second-order valence-electron chi connectivity index (χ2n) is 26.4. The van der Waals surface area contributed by atoms with E-state index in [1.807, 2.05) is 0 Å². The fraction of sp³-hybridized carbons (Fsp3) is 0.899. The molecule has 1 unspecified atom stereocenters. The second kappa shape index (κ2) is 75.4. The first-order chi connectivity index (χ1) is 41.6.